The molecule has 0 bridgehead atoms. The van der Waals surface area contributed by atoms with Crippen LogP contribution in [0.15, 0.2) is 78.9 Å². The molecular weight excluding hydrogens is 526 g/mol. The van der Waals surface area contributed by atoms with Crippen LogP contribution in [-0.4, -0.2) is 57.1 Å². The highest BCUT2D eigenvalue weighted by atomic mass is 32.2. The summed E-state index contributed by atoms with van der Waals surface area (Å²) in [5.74, 6) is -0.471. The quantitative estimate of drug-likeness (QED) is 0.333. The molecule has 0 saturated carbocycles. The largest absolute Gasteiger partial charge is 0.495 e. The number of methoxy groups -OCH3 is 1. The Bertz CT molecular complexity index is 1390. The molecule has 0 fully saturated rings. The highest BCUT2D eigenvalue weighted by Gasteiger charge is 2.34. The molecule has 1 N–H and O–H groups in total. The van der Waals surface area contributed by atoms with Gasteiger partial charge in [0.2, 0.25) is 21.8 Å². The molecular formula is C31H39N3O5S. The molecule has 3 rings (SSSR count). The number of amides is 2. The summed E-state index contributed by atoms with van der Waals surface area (Å²) in [6.07, 6.45) is 2.05. The summed E-state index contributed by atoms with van der Waals surface area (Å²) < 4.78 is 32.4. The second kappa shape index (κ2) is 14.0. The van der Waals surface area contributed by atoms with Crippen LogP contribution in [0.5, 0.6) is 5.75 Å². The summed E-state index contributed by atoms with van der Waals surface area (Å²) in [4.78, 5) is 29.4. The summed E-state index contributed by atoms with van der Waals surface area (Å²) in [6, 6.07) is 22.9. The number of anilines is 1. The number of aryl methyl sites for hydroxylation is 1. The van der Waals surface area contributed by atoms with Crippen molar-refractivity contribution < 1.29 is 22.7 Å². The zero-order valence-corrected chi connectivity index (χ0v) is 24.6. The molecule has 0 aliphatic carbocycles. The van der Waals surface area contributed by atoms with Gasteiger partial charge in [-0.1, -0.05) is 79.2 Å². The van der Waals surface area contributed by atoms with Crippen LogP contribution < -0.4 is 14.4 Å². The van der Waals surface area contributed by atoms with E-state index in [0.717, 1.165) is 33.7 Å². The Kier molecular flexibility index (Phi) is 10.7. The maximum absolute atomic E-state index is 14.2. The van der Waals surface area contributed by atoms with Gasteiger partial charge in [0, 0.05) is 19.0 Å². The molecule has 3 aromatic rings. The minimum Gasteiger partial charge on any atom is -0.495 e. The number of benzene rings is 3. The van der Waals surface area contributed by atoms with Crippen molar-refractivity contribution in [3.8, 4) is 5.75 Å². The van der Waals surface area contributed by atoms with Crippen molar-refractivity contribution in [2.75, 3.05) is 24.2 Å². The molecule has 8 nitrogen and oxygen atoms in total. The number of sulfonamides is 1. The first-order valence-electron chi connectivity index (χ1n) is 13.3. The maximum Gasteiger partial charge on any atom is 0.244 e. The van der Waals surface area contributed by atoms with E-state index in [9.17, 15) is 18.0 Å². The third-order valence-corrected chi connectivity index (χ3v) is 7.87. The van der Waals surface area contributed by atoms with Gasteiger partial charge in [-0.15, -0.1) is 0 Å². The molecule has 9 heteroatoms. The van der Waals surface area contributed by atoms with Gasteiger partial charge in [-0.05, 0) is 43.5 Å². The van der Waals surface area contributed by atoms with Crippen molar-refractivity contribution in [2.45, 2.75) is 52.2 Å². The molecule has 214 valence electrons. The predicted octanol–water partition coefficient (Wildman–Crippen LogP) is 4.32. The van der Waals surface area contributed by atoms with E-state index in [2.05, 4.69) is 5.32 Å². The zero-order valence-electron chi connectivity index (χ0n) is 23.8. The summed E-state index contributed by atoms with van der Waals surface area (Å²) in [6.45, 7) is 5.49. The molecule has 40 heavy (non-hydrogen) atoms. The molecule has 3 aromatic carbocycles. The number of nitrogens with one attached hydrogen (secondary N) is 1. The van der Waals surface area contributed by atoms with E-state index < -0.39 is 28.5 Å². The Morgan fingerprint density at radius 3 is 2.23 bits per heavy atom. The zero-order chi connectivity index (χ0) is 29.3. The van der Waals surface area contributed by atoms with Crippen molar-refractivity contribution in [3.05, 3.63) is 95.6 Å². The molecule has 0 unspecified atom stereocenters. The molecule has 2 amide bonds. The molecule has 0 radical (unpaired) electrons. The number of carbonyl (C=O) groups excluding carboxylic acids is 2. The topological polar surface area (TPSA) is 96.0 Å². The van der Waals surface area contributed by atoms with Crippen molar-refractivity contribution in [3.63, 3.8) is 0 Å². The lowest BCUT2D eigenvalue weighted by Crippen LogP contribution is -2.54. The van der Waals surface area contributed by atoms with Crippen LogP contribution >= 0.6 is 0 Å². The SMILES string of the molecule is CC[C@H](C)NC(=O)[C@@H](Cc1ccccc1)N(Cc1cccc(C)c1)C(=O)CN(c1ccccc1OC)S(C)(=O)=O. The number of carbonyl (C=O) groups is 2. The molecule has 0 saturated heterocycles. The molecule has 0 heterocycles. The first kappa shape index (κ1) is 30.7. The first-order valence-corrected chi connectivity index (χ1v) is 15.2. The Morgan fingerprint density at radius 2 is 1.60 bits per heavy atom. The summed E-state index contributed by atoms with van der Waals surface area (Å²) in [5.41, 5.74) is 2.99. The van der Waals surface area contributed by atoms with Gasteiger partial charge in [-0.2, -0.15) is 0 Å². The molecule has 0 aromatic heterocycles. The second-order valence-corrected chi connectivity index (χ2v) is 11.9. The van der Waals surface area contributed by atoms with Crippen molar-refractivity contribution in [1.29, 1.82) is 0 Å². The summed E-state index contributed by atoms with van der Waals surface area (Å²) >= 11 is 0. The number of para-hydroxylation sites is 2. The fourth-order valence-corrected chi connectivity index (χ4v) is 5.29. The number of rotatable bonds is 13. The van der Waals surface area contributed by atoms with Crippen molar-refractivity contribution >= 4 is 27.5 Å². The average molecular weight is 566 g/mol. The minimum atomic E-state index is -3.88. The number of nitrogens with zero attached hydrogens (tertiary/aromatic N) is 2. The molecule has 0 aliphatic heterocycles. The van der Waals surface area contributed by atoms with Crippen LogP contribution in [0.3, 0.4) is 0 Å². The van der Waals surface area contributed by atoms with Gasteiger partial charge in [-0.3, -0.25) is 13.9 Å². The average Bonchev–Trinajstić information content (AvgIpc) is 2.93. The summed E-state index contributed by atoms with van der Waals surface area (Å²) in [5, 5.41) is 3.03. The third-order valence-electron chi connectivity index (χ3n) is 6.74. The van der Waals surface area contributed by atoms with Crippen LogP contribution in [0.1, 0.15) is 37.0 Å². The van der Waals surface area contributed by atoms with Gasteiger partial charge >= 0.3 is 0 Å². The summed E-state index contributed by atoms with van der Waals surface area (Å²) in [7, 11) is -2.44. The van der Waals surface area contributed by atoms with Gasteiger partial charge in [0.25, 0.3) is 0 Å². The normalized spacial score (nSPS) is 12.7. The van der Waals surface area contributed by atoms with E-state index in [1.54, 1.807) is 24.3 Å². The number of hydrogen-bond acceptors (Lipinski definition) is 5. The third kappa shape index (κ3) is 8.32. The number of ether oxygens (including phenoxy) is 1. The fraction of sp³-hybridized carbons (Fsp3) is 0.355. The lowest BCUT2D eigenvalue weighted by atomic mass is 10.0. The van der Waals surface area contributed by atoms with E-state index in [-0.39, 0.29) is 30.6 Å². The van der Waals surface area contributed by atoms with E-state index in [1.807, 2.05) is 75.4 Å². The van der Waals surface area contributed by atoms with E-state index in [4.69, 9.17) is 4.74 Å². The monoisotopic (exact) mass is 565 g/mol. The fourth-order valence-electron chi connectivity index (χ4n) is 4.43. The van der Waals surface area contributed by atoms with E-state index in [0.29, 0.717) is 5.75 Å². The van der Waals surface area contributed by atoms with Crippen molar-refractivity contribution in [1.82, 2.24) is 10.2 Å². The Labute approximate surface area is 238 Å². The molecule has 2 atom stereocenters. The standard InChI is InChI=1S/C31H39N3O5S/c1-6-24(3)32-31(36)28(20-25-14-8-7-9-15-25)33(21-26-16-12-13-23(2)19-26)30(35)22-34(40(5,37)38)27-17-10-11-18-29(27)39-4/h7-19,24,28H,6,20-22H2,1-5H3,(H,32,36)/t24-,28+/m0/s1. The maximum atomic E-state index is 14.2. The van der Waals surface area contributed by atoms with Crippen LogP contribution in [0.25, 0.3) is 0 Å². The second-order valence-electron chi connectivity index (χ2n) is 9.98. The van der Waals surface area contributed by atoms with Crippen LogP contribution in [-0.2, 0) is 32.6 Å². The van der Waals surface area contributed by atoms with Gasteiger partial charge < -0.3 is 15.0 Å². The lowest BCUT2D eigenvalue weighted by molar-refractivity contribution is -0.140. The van der Waals surface area contributed by atoms with Crippen LogP contribution in [0.4, 0.5) is 5.69 Å². The lowest BCUT2D eigenvalue weighted by Gasteiger charge is -2.34. The molecule has 0 aliphatic rings. The van der Waals surface area contributed by atoms with Crippen LogP contribution in [0, 0.1) is 6.92 Å². The molecule has 0 spiro atoms. The van der Waals surface area contributed by atoms with E-state index >= 15 is 0 Å². The Hall–Kier alpha value is -3.85. The highest BCUT2D eigenvalue weighted by Crippen LogP contribution is 2.30. The first-order chi connectivity index (χ1) is 19.0. The minimum absolute atomic E-state index is 0.0946. The van der Waals surface area contributed by atoms with Crippen molar-refractivity contribution in [2.24, 2.45) is 0 Å². The van der Waals surface area contributed by atoms with Gasteiger partial charge in [-0.25, -0.2) is 8.42 Å². The predicted molar refractivity (Wildman–Crippen MR) is 159 cm³/mol. The van der Waals surface area contributed by atoms with Gasteiger partial charge in [0.15, 0.2) is 0 Å². The van der Waals surface area contributed by atoms with Crippen LogP contribution in [0.2, 0.25) is 0 Å². The Balaban J connectivity index is 2.08. The van der Waals surface area contributed by atoms with E-state index in [1.165, 1.54) is 12.0 Å². The highest BCUT2D eigenvalue weighted by molar-refractivity contribution is 7.92. The van der Waals surface area contributed by atoms with Gasteiger partial charge in [0.1, 0.15) is 18.3 Å². The van der Waals surface area contributed by atoms with Gasteiger partial charge in [0.05, 0.1) is 19.1 Å². The Morgan fingerprint density at radius 1 is 0.950 bits per heavy atom. The smallest absolute Gasteiger partial charge is 0.244 e. The number of hydrogen-bond donors (Lipinski definition) is 1.